The van der Waals surface area contributed by atoms with E-state index in [-0.39, 0.29) is 16.7 Å². The molecule has 1 atom stereocenters. The molecule has 3 rings (SSSR count). The Labute approximate surface area is 158 Å². The lowest BCUT2D eigenvalue weighted by Crippen LogP contribution is -2.28. The van der Waals surface area contributed by atoms with Gasteiger partial charge in [0.2, 0.25) is 0 Å². The second-order valence-corrected chi connectivity index (χ2v) is 8.10. The topological polar surface area (TPSA) is 90.3 Å². The van der Waals surface area contributed by atoms with Crippen molar-refractivity contribution in [3.63, 3.8) is 0 Å². The first-order valence-electron chi connectivity index (χ1n) is 8.39. The molecule has 1 aliphatic rings. The Morgan fingerprint density at radius 1 is 1.07 bits per heavy atom. The van der Waals surface area contributed by atoms with Gasteiger partial charge >= 0.3 is 0 Å². The second-order valence-electron chi connectivity index (χ2n) is 6.68. The van der Waals surface area contributed by atoms with Crippen molar-refractivity contribution in [2.45, 2.75) is 18.2 Å². The third-order valence-electron chi connectivity index (χ3n) is 4.54. The number of amides is 1. The summed E-state index contributed by atoms with van der Waals surface area (Å²) in [7, 11) is -0.332. The van der Waals surface area contributed by atoms with Crippen molar-refractivity contribution >= 4 is 33.1 Å². The molecular formula is C19H21N3O4S. The molecule has 1 amide bonds. The van der Waals surface area contributed by atoms with E-state index in [1.807, 2.05) is 50.2 Å². The number of carbonyl (C=O) groups is 1. The van der Waals surface area contributed by atoms with Crippen molar-refractivity contribution in [2.75, 3.05) is 24.0 Å². The number of anilines is 2. The van der Waals surface area contributed by atoms with E-state index < -0.39 is 10.1 Å². The molecule has 7 nitrogen and oxygen atoms in total. The SMILES string of the molecule is CC1=NN(c2ccc(S(=O)(=O)O)cc2)C(=O)C1Cc1ccc(N(C)C)cc1. The summed E-state index contributed by atoms with van der Waals surface area (Å²) in [6.45, 7) is 1.81. The summed E-state index contributed by atoms with van der Waals surface area (Å²) in [6, 6.07) is 13.4. The predicted octanol–water partition coefficient (Wildman–Crippen LogP) is 2.58. The van der Waals surface area contributed by atoms with Gasteiger partial charge in [-0.2, -0.15) is 13.5 Å². The second kappa shape index (κ2) is 7.13. The van der Waals surface area contributed by atoms with Gasteiger partial charge in [0.1, 0.15) is 0 Å². The van der Waals surface area contributed by atoms with E-state index in [4.69, 9.17) is 4.55 Å². The summed E-state index contributed by atoms with van der Waals surface area (Å²) in [4.78, 5) is 14.6. The van der Waals surface area contributed by atoms with Gasteiger partial charge in [0.15, 0.2) is 0 Å². The molecule has 8 heteroatoms. The third kappa shape index (κ3) is 4.01. The molecule has 0 saturated carbocycles. The van der Waals surface area contributed by atoms with Crippen molar-refractivity contribution in [1.82, 2.24) is 0 Å². The fourth-order valence-electron chi connectivity index (χ4n) is 2.95. The zero-order valence-electron chi connectivity index (χ0n) is 15.3. The van der Waals surface area contributed by atoms with Crippen molar-refractivity contribution < 1.29 is 17.8 Å². The lowest BCUT2D eigenvalue weighted by atomic mass is 9.95. The minimum Gasteiger partial charge on any atom is -0.378 e. The van der Waals surface area contributed by atoms with Crippen molar-refractivity contribution in [3.8, 4) is 0 Å². The highest BCUT2D eigenvalue weighted by molar-refractivity contribution is 7.85. The average Bonchev–Trinajstić information content (AvgIpc) is 2.90. The Kier molecular flexibility index (Phi) is 5.03. The number of benzene rings is 2. The van der Waals surface area contributed by atoms with Crippen molar-refractivity contribution in [2.24, 2.45) is 11.0 Å². The van der Waals surface area contributed by atoms with Gasteiger partial charge in [0.05, 0.1) is 16.5 Å². The summed E-state index contributed by atoms with van der Waals surface area (Å²) < 4.78 is 31.4. The van der Waals surface area contributed by atoms with Crippen LogP contribution in [0, 0.1) is 5.92 Å². The number of hydrazone groups is 1. The maximum Gasteiger partial charge on any atom is 0.294 e. The Balaban J connectivity index is 1.77. The predicted molar refractivity (Wildman–Crippen MR) is 105 cm³/mol. The molecule has 1 heterocycles. The molecule has 1 N–H and O–H groups in total. The zero-order valence-corrected chi connectivity index (χ0v) is 16.1. The number of hydrogen-bond donors (Lipinski definition) is 1. The number of rotatable bonds is 5. The molecule has 142 valence electrons. The Morgan fingerprint density at radius 3 is 2.19 bits per heavy atom. The van der Waals surface area contributed by atoms with Crippen LogP contribution in [0.3, 0.4) is 0 Å². The smallest absolute Gasteiger partial charge is 0.294 e. The number of carbonyl (C=O) groups excluding carboxylic acids is 1. The van der Waals surface area contributed by atoms with Crippen LogP contribution >= 0.6 is 0 Å². The van der Waals surface area contributed by atoms with E-state index in [9.17, 15) is 13.2 Å². The molecule has 0 saturated heterocycles. The molecule has 1 unspecified atom stereocenters. The molecular weight excluding hydrogens is 366 g/mol. The van der Waals surface area contributed by atoms with E-state index in [0.29, 0.717) is 17.8 Å². The first-order valence-corrected chi connectivity index (χ1v) is 9.83. The van der Waals surface area contributed by atoms with Gasteiger partial charge in [0, 0.05) is 25.5 Å². The highest BCUT2D eigenvalue weighted by Gasteiger charge is 2.34. The molecule has 2 aromatic carbocycles. The van der Waals surface area contributed by atoms with Crippen LogP contribution < -0.4 is 9.91 Å². The minimum atomic E-state index is -4.27. The van der Waals surface area contributed by atoms with E-state index in [1.165, 1.54) is 29.3 Å². The maximum atomic E-state index is 12.8. The molecule has 0 bridgehead atoms. The van der Waals surface area contributed by atoms with Crippen LogP contribution in [-0.2, 0) is 21.3 Å². The van der Waals surface area contributed by atoms with Gasteiger partial charge in [-0.15, -0.1) is 0 Å². The highest BCUT2D eigenvalue weighted by Crippen LogP contribution is 2.27. The van der Waals surface area contributed by atoms with Crippen LogP contribution in [0.4, 0.5) is 11.4 Å². The molecule has 0 radical (unpaired) electrons. The summed E-state index contributed by atoms with van der Waals surface area (Å²) in [5.74, 6) is -0.528. The standard InChI is InChI=1S/C19H21N3O4S/c1-13-18(12-14-4-6-15(7-5-14)21(2)3)19(23)22(20-13)16-8-10-17(11-9-16)27(24,25)26/h4-11,18H,12H2,1-3H3,(H,24,25,26). The van der Waals surface area contributed by atoms with E-state index in [1.54, 1.807) is 0 Å². The lowest BCUT2D eigenvalue weighted by Gasteiger charge is -2.16. The normalized spacial score (nSPS) is 17.2. The highest BCUT2D eigenvalue weighted by atomic mass is 32.2. The molecule has 1 aliphatic heterocycles. The summed E-state index contributed by atoms with van der Waals surface area (Å²) in [5, 5.41) is 5.61. The number of nitrogens with zero attached hydrogens (tertiary/aromatic N) is 3. The summed E-state index contributed by atoms with van der Waals surface area (Å²) in [6.07, 6.45) is 0.543. The molecule has 0 spiro atoms. The van der Waals surface area contributed by atoms with E-state index >= 15 is 0 Å². The molecule has 0 aromatic heterocycles. The van der Waals surface area contributed by atoms with Gasteiger partial charge in [-0.25, -0.2) is 5.01 Å². The van der Waals surface area contributed by atoms with Crippen molar-refractivity contribution in [3.05, 3.63) is 54.1 Å². The summed E-state index contributed by atoms with van der Waals surface area (Å²) >= 11 is 0. The first kappa shape index (κ1) is 19.1. The van der Waals surface area contributed by atoms with Gasteiger partial charge in [-0.3, -0.25) is 9.35 Å². The average molecular weight is 387 g/mol. The zero-order chi connectivity index (χ0) is 19.8. The van der Waals surface area contributed by atoms with E-state index in [2.05, 4.69) is 5.10 Å². The summed E-state index contributed by atoms with van der Waals surface area (Å²) in [5.41, 5.74) is 3.28. The monoisotopic (exact) mass is 387 g/mol. The van der Waals surface area contributed by atoms with Crippen LogP contribution in [0.15, 0.2) is 58.5 Å². The van der Waals surface area contributed by atoms with Gasteiger partial charge < -0.3 is 4.90 Å². The minimum absolute atomic E-state index is 0.163. The quantitative estimate of drug-likeness (QED) is 0.797. The van der Waals surface area contributed by atoms with Crippen LogP contribution in [0.2, 0.25) is 0 Å². The largest absolute Gasteiger partial charge is 0.378 e. The first-order chi connectivity index (χ1) is 12.7. The van der Waals surface area contributed by atoms with Crippen LogP contribution in [0.25, 0.3) is 0 Å². The fraction of sp³-hybridized carbons (Fsp3) is 0.263. The third-order valence-corrected chi connectivity index (χ3v) is 5.41. The van der Waals surface area contributed by atoms with Crippen molar-refractivity contribution in [1.29, 1.82) is 0 Å². The Hall–Kier alpha value is -2.71. The fourth-order valence-corrected chi connectivity index (χ4v) is 3.43. The molecule has 0 fully saturated rings. The lowest BCUT2D eigenvalue weighted by molar-refractivity contribution is -0.119. The van der Waals surface area contributed by atoms with Gasteiger partial charge in [-0.05, 0) is 55.3 Å². The van der Waals surface area contributed by atoms with Crippen LogP contribution in [0.1, 0.15) is 12.5 Å². The number of hydrogen-bond acceptors (Lipinski definition) is 5. The molecule has 27 heavy (non-hydrogen) atoms. The van der Waals surface area contributed by atoms with Crippen LogP contribution in [0.5, 0.6) is 0 Å². The van der Waals surface area contributed by atoms with Gasteiger partial charge in [-0.1, -0.05) is 12.1 Å². The van der Waals surface area contributed by atoms with E-state index in [0.717, 1.165) is 11.3 Å². The molecule has 0 aliphatic carbocycles. The molecule has 2 aromatic rings. The van der Waals surface area contributed by atoms with Gasteiger partial charge in [0.25, 0.3) is 16.0 Å². The Morgan fingerprint density at radius 2 is 1.67 bits per heavy atom. The maximum absolute atomic E-state index is 12.8. The van der Waals surface area contributed by atoms with Crippen LogP contribution in [-0.4, -0.2) is 38.7 Å². The Bertz CT molecular complexity index is 981.